The number of aryl methyl sites for hydroxylation is 1. The van der Waals surface area contributed by atoms with Crippen LogP contribution in [0.1, 0.15) is 27.0 Å². The Morgan fingerprint density at radius 3 is 2.74 bits per heavy atom. The zero-order valence-corrected chi connectivity index (χ0v) is 19.6. The van der Waals surface area contributed by atoms with Gasteiger partial charge in [-0.2, -0.15) is 0 Å². The first-order chi connectivity index (χ1) is 16.5. The van der Waals surface area contributed by atoms with Crippen LogP contribution in [0.2, 0.25) is 0 Å². The van der Waals surface area contributed by atoms with Crippen LogP contribution >= 0.6 is 11.8 Å². The van der Waals surface area contributed by atoms with E-state index in [1.807, 2.05) is 30.3 Å². The average molecular weight is 475 g/mol. The van der Waals surface area contributed by atoms with Crippen LogP contribution in [-0.2, 0) is 17.0 Å². The van der Waals surface area contributed by atoms with Gasteiger partial charge in [0.2, 0.25) is 6.79 Å². The first-order valence-electron chi connectivity index (χ1n) is 10.7. The summed E-state index contributed by atoms with van der Waals surface area (Å²) in [5.41, 5.74) is 3.88. The largest absolute Gasteiger partial charge is 0.465 e. The van der Waals surface area contributed by atoms with Gasteiger partial charge in [-0.05, 0) is 53.9 Å². The van der Waals surface area contributed by atoms with E-state index in [1.165, 1.54) is 30.0 Å². The molecule has 8 heteroatoms. The summed E-state index contributed by atoms with van der Waals surface area (Å²) in [6, 6.07) is 18.6. The number of hydrogen-bond donors (Lipinski definition) is 0. The fourth-order valence-corrected chi connectivity index (χ4v) is 4.91. The summed E-state index contributed by atoms with van der Waals surface area (Å²) in [7, 11) is 1.33. The fraction of sp³-hybridized carbons (Fsp3) is 0.192. The number of aromatic nitrogens is 2. The van der Waals surface area contributed by atoms with Crippen LogP contribution in [0, 0.1) is 6.92 Å². The van der Waals surface area contributed by atoms with E-state index in [2.05, 4.69) is 19.1 Å². The third kappa shape index (κ3) is 4.24. The molecule has 172 valence electrons. The second kappa shape index (κ2) is 9.23. The van der Waals surface area contributed by atoms with Crippen molar-refractivity contribution in [3.05, 3.63) is 93.3 Å². The standard InChI is InChI=1S/C26H22N2O5S/c1-16-5-3-4-6-19(16)14-34-26-27-21-12-18(25(30)31-2)8-9-20(21)24(29)28(26)13-17-7-10-22-23(11-17)33-15-32-22/h3-12H,13-15H2,1-2H3. The number of thioether (sulfide) groups is 1. The highest BCUT2D eigenvalue weighted by atomic mass is 32.2. The highest BCUT2D eigenvalue weighted by Crippen LogP contribution is 2.33. The molecule has 5 rings (SSSR count). The zero-order chi connectivity index (χ0) is 23.7. The number of fused-ring (bicyclic) bond motifs is 2. The van der Waals surface area contributed by atoms with E-state index in [-0.39, 0.29) is 12.4 Å². The van der Waals surface area contributed by atoms with Gasteiger partial charge in [0.15, 0.2) is 16.7 Å². The molecule has 0 fully saturated rings. The van der Waals surface area contributed by atoms with Gasteiger partial charge in [0, 0.05) is 5.75 Å². The normalized spacial score (nSPS) is 12.2. The molecular formula is C26H22N2O5S. The minimum atomic E-state index is -0.470. The monoisotopic (exact) mass is 474 g/mol. The Balaban J connectivity index is 1.58. The maximum atomic E-state index is 13.6. The molecule has 0 bridgehead atoms. The summed E-state index contributed by atoms with van der Waals surface area (Å²) in [5.74, 6) is 1.54. The molecule has 2 heterocycles. The molecule has 0 unspecified atom stereocenters. The molecule has 0 spiro atoms. The molecule has 0 aliphatic carbocycles. The van der Waals surface area contributed by atoms with E-state index in [4.69, 9.17) is 19.2 Å². The Morgan fingerprint density at radius 2 is 1.91 bits per heavy atom. The Bertz CT molecular complexity index is 1460. The lowest BCUT2D eigenvalue weighted by atomic mass is 10.1. The summed E-state index contributed by atoms with van der Waals surface area (Å²) < 4.78 is 17.4. The number of esters is 1. The van der Waals surface area contributed by atoms with Crippen molar-refractivity contribution in [1.29, 1.82) is 0 Å². The van der Waals surface area contributed by atoms with Crippen molar-refractivity contribution in [2.24, 2.45) is 0 Å². The summed E-state index contributed by atoms with van der Waals surface area (Å²) >= 11 is 1.49. The van der Waals surface area contributed by atoms with Gasteiger partial charge in [-0.15, -0.1) is 0 Å². The highest BCUT2D eigenvalue weighted by Gasteiger charge is 2.17. The van der Waals surface area contributed by atoms with Crippen LogP contribution in [0.25, 0.3) is 10.9 Å². The minimum absolute atomic E-state index is 0.175. The summed E-state index contributed by atoms with van der Waals surface area (Å²) in [6.45, 7) is 2.58. The molecule has 1 aromatic heterocycles. The summed E-state index contributed by atoms with van der Waals surface area (Å²) in [6.07, 6.45) is 0. The Morgan fingerprint density at radius 1 is 1.09 bits per heavy atom. The third-order valence-electron chi connectivity index (χ3n) is 5.74. The molecule has 0 N–H and O–H groups in total. The Hall–Kier alpha value is -3.78. The molecular weight excluding hydrogens is 452 g/mol. The summed E-state index contributed by atoms with van der Waals surface area (Å²) in [5, 5.41) is 1.01. The van der Waals surface area contributed by atoms with E-state index in [9.17, 15) is 9.59 Å². The number of nitrogens with zero attached hydrogens (tertiary/aromatic N) is 2. The number of ether oxygens (including phenoxy) is 3. The highest BCUT2D eigenvalue weighted by molar-refractivity contribution is 7.98. The van der Waals surface area contributed by atoms with Gasteiger partial charge >= 0.3 is 5.97 Å². The van der Waals surface area contributed by atoms with Gasteiger partial charge in [0.25, 0.3) is 5.56 Å². The lowest BCUT2D eigenvalue weighted by Crippen LogP contribution is -2.24. The maximum Gasteiger partial charge on any atom is 0.337 e. The van der Waals surface area contributed by atoms with Crippen molar-refractivity contribution in [1.82, 2.24) is 9.55 Å². The van der Waals surface area contributed by atoms with Gasteiger partial charge in [-0.25, -0.2) is 9.78 Å². The number of rotatable bonds is 6. The molecule has 1 aliphatic rings. The Labute approximate surface area is 200 Å². The van der Waals surface area contributed by atoms with Crippen LogP contribution in [-0.4, -0.2) is 29.4 Å². The predicted octanol–water partition coefficient (Wildman–Crippen LogP) is 4.56. The van der Waals surface area contributed by atoms with E-state index >= 15 is 0 Å². The van der Waals surface area contributed by atoms with Crippen molar-refractivity contribution >= 4 is 28.6 Å². The van der Waals surface area contributed by atoms with Crippen molar-refractivity contribution in [3.63, 3.8) is 0 Å². The fourth-order valence-electron chi connectivity index (χ4n) is 3.83. The molecule has 3 aromatic carbocycles. The number of benzene rings is 3. The molecule has 1 aliphatic heterocycles. The smallest absolute Gasteiger partial charge is 0.337 e. The van der Waals surface area contributed by atoms with Crippen LogP contribution < -0.4 is 15.0 Å². The van der Waals surface area contributed by atoms with Gasteiger partial charge < -0.3 is 14.2 Å². The molecule has 34 heavy (non-hydrogen) atoms. The minimum Gasteiger partial charge on any atom is -0.465 e. The lowest BCUT2D eigenvalue weighted by molar-refractivity contribution is 0.0601. The number of hydrogen-bond acceptors (Lipinski definition) is 7. The molecule has 0 atom stereocenters. The first kappa shape index (κ1) is 22.0. The molecule has 0 saturated carbocycles. The van der Waals surface area contributed by atoms with Gasteiger partial charge in [-0.3, -0.25) is 9.36 Å². The second-order valence-corrected chi connectivity index (χ2v) is 8.85. The average Bonchev–Trinajstić information content (AvgIpc) is 3.32. The van der Waals surface area contributed by atoms with Gasteiger partial charge in [0.05, 0.1) is 30.1 Å². The van der Waals surface area contributed by atoms with Crippen LogP contribution in [0.15, 0.2) is 70.6 Å². The first-order valence-corrected chi connectivity index (χ1v) is 11.7. The van der Waals surface area contributed by atoms with E-state index in [0.717, 1.165) is 5.56 Å². The number of carbonyl (C=O) groups is 1. The maximum absolute atomic E-state index is 13.6. The van der Waals surface area contributed by atoms with E-state index in [1.54, 1.807) is 22.8 Å². The quantitative estimate of drug-likeness (QED) is 0.230. The van der Waals surface area contributed by atoms with Gasteiger partial charge in [0.1, 0.15) is 0 Å². The van der Waals surface area contributed by atoms with Gasteiger partial charge in [-0.1, -0.05) is 42.1 Å². The molecule has 7 nitrogen and oxygen atoms in total. The molecule has 0 saturated heterocycles. The van der Waals surface area contributed by atoms with E-state index in [0.29, 0.717) is 45.4 Å². The van der Waals surface area contributed by atoms with Crippen molar-refractivity contribution < 1.29 is 19.0 Å². The third-order valence-corrected chi connectivity index (χ3v) is 6.76. The van der Waals surface area contributed by atoms with Crippen LogP contribution in [0.5, 0.6) is 11.5 Å². The van der Waals surface area contributed by atoms with Crippen molar-refractivity contribution in [2.45, 2.75) is 24.4 Å². The molecule has 0 amide bonds. The predicted molar refractivity (Wildman–Crippen MR) is 130 cm³/mol. The van der Waals surface area contributed by atoms with Crippen molar-refractivity contribution in [3.8, 4) is 11.5 Å². The van der Waals surface area contributed by atoms with E-state index < -0.39 is 5.97 Å². The summed E-state index contributed by atoms with van der Waals surface area (Å²) in [4.78, 5) is 30.4. The van der Waals surface area contributed by atoms with Crippen molar-refractivity contribution in [2.75, 3.05) is 13.9 Å². The number of carbonyl (C=O) groups excluding carboxylic acids is 1. The molecule has 4 aromatic rings. The molecule has 0 radical (unpaired) electrons. The topological polar surface area (TPSA) is 79.7 Å². The SMILES string of the molecule is COC(=O)c1ccc2c(=O)n(Cc3ccc4c(c3)OCO4)c(SCc3ccccc3C)nc2c1. The zero-order valence-electron chi connectivity index (χ0n) is 18.7. The van der Waals surface area contributed by atoms with Crippen LogP contribution in [0.4, 0.5) is 0 Å². The second-order valence-electron chi connectivity index (χ2n) is 7.91. The number of methoxy groups -OCH3 is 1. The lowest BCUT2D eigenvalue weighted by Gasteiger charge is -2.14. The Kier molecular flexibility index (Phi) is 5.98. The van der Waals surface area contributed by atoms with Crippen LogP contribution in [0.3, 0.4) is 0 Å².